The summed E-state index contributed by atoms with van der Waals surface area (Å²) in [5.41, 5.74) is 0. The highest BCUT2D eigenvalue weighted by atomic mass is 16.5. The third-order valence-electron chi connectivity index (χ3n) is 2.55. The fraction of sp³-hybridized carbons (Fsp3) is 0.889. The van der Waals surface area contributed by atoms with Crippen molar-refractivity contribution in [3.63, 3.8) is 0 Å². The molecule has 1 rings (SSSR count). The number of nitriles is 1. The Kier molecular flexibility index (Phi) is 3.22. The van der Waals surface area contributed by atoms with Crippen LogP contribution in [0.1, 0.15) is 39.0 Å². The van der Waals surface area contributed by atoms with Crippen molar-refractivity contribution in [1.82, 2.24) is 0 Å². The van der Waals surface area contributed by atoms with Crippen molar-refractivity contribution >= 4 is 0 Å². The topological polar surface area (TPSA) is 33.0 Å². The third kappa shape index (κ3) is 2.42. The van der Waals surface area contributed by atoms with Gasteiger partial charge in [0.1, 0.15) is 6.10 Å². The van der Waals surface area contributed by atoms with Crippen molar-refractivity contribution in [1.29, 1.82) is 5.26 Å². The summed E-state index contributed by atoms with van der Waals surface area (Å²) in [5.74, 6) is 0.628. The molecule has 0 aromatic carbocycles. The lowest BCUT2D eigenvalue weighted by atomic mass is 9.86. The summed E-state index contributed by atoms with van der Waals surface area (Å²) >= 11 is 0. The molecule has 1 fully saturated rings. The van der Waals surface area contributed by atoms with E-state index < -0.39 is 0 Å². The van der Waals surface area contributed by atoms with Crippen LogP contribution in [-0.2, 0) is 4.74 Å². The lowest BCUT2D eigenvalue weighted by Gasteiger charge is -2.25. The quantitative estimate of drug-likeness (QED) is 0.571. The molecule has 1 unspecified atom stereocenters. The number of hydrogen-bond acceptors (Lipinski definition) is 2. The molecule has 11 heavy (non-hydrogen) atoms. The van der Waals surface area contributed by atoms with Crippen molar-refractivity contribution in [3.8, 4) is 6.26 Å². The van der Waals surface area contributed by atoms with Crippen LogP contribution in [0.2, 0.25) is 0 Å². The largest absolute Gasteiger partial charge is 0.424 e. The van der Waals surface area contributed by atoms with E-state index in [0.29, 0.717) is 5.92 Å². The van der Waals surface area contributed by atoms with Crippen LogP contribution in [0, 0.1) is 17.4 Å². The first-order valence-corrected chi connectivity index (χ1v) is 4.39. The van der Waals surface area contributed by atoms with E-state index in [-0.39, 0.29) is 6.10 Å². The van der Waals surface area contributed by atoms with Gasteiger partial charge < -0.3 is 4.74 Å². The number of nitrogens with zero attached hydrogens (tertiary/aromatic N) is 1. The van der Waals surface area contributed by atoms with E-state index in [2.05, 4.69) is 0 Å². The minimum Gasteiger partial charge on any atom is -0.424 e. The van der Waals surface area contributed by atoms with Crippen LogP contribution < -0.4 is 0 Å². The second-order valence-corrected chi connectivity index (χ2v) is 3.31. The average molecular weight is 153 g/mol. The normalized spacial score (nSPS) is 22.2. The van der Waals surface area contributed by atoms with Gasteiger partial charge in [-0.05, 0) is 25.7 Å². The molecule has 0 saturated heterocycles. The van der Waals surface area contributed by atoms with Gasteiger partial charge in [0.15, 0.2) is 0 Å². The van der Waals surface area contributed by atoms with Crippen LogP contribution >= 0.6 is 0 Å². The van der Waals surface area contributed by atoms with Crippen molar-refractivity contribution in [2.75, 3.05) is 0 Å². The van der Waals surface area contributed by atoms with Gasteiger partial charge in [0.05, 0.1) is 0 Å². The van der Waals surface area contributed by atoms with Gasteiger partial charge in [-0.25, -0.2) is 0 Å². The molecule has 1 atom stereocenters. The van der Waals surface area contributed by atoms with Crippen molar-refractivity contribution in [2.24, 2.45) is 5.92 Å². The zero-order valence-corrected chi connectivity index (χ0v) is 7.05. The van der Waals surface area contributed by atoms with E-state index in [1.165, 1.54) is 32.1 Å². The molecule has 0 heterocycles. The van der Waals surface area contributed by atoms with Gasteiger partial charge in [-0.1, -0.05) is 19.3 Å². The predicted octanol–water partition coefficient (Wildman–Crippen LogP) is 2.45. The molecular formula is C9H15NO. The molecule has 0 N–H and O–H groups in total. The van der Waals surface area contributed by atoms with Gasteiger partial charge in [-0.15, -0.1) is 0 Å². The summed E-state index contributed by atoms with van der Waals surface area (Å²) in [6.07, 6.45) is 8.36. The van der Waals surface area contributed by atoms with E-state index in [4.69, 9.17) is 10.00 Å². The molecule has 62 valence electrons. The molecule has 0 spiro atoms. The summed E-state index contributed by atoms with van der Waals surface area (Å²) in [7, 11) is 0. The third-order valence-corrected chi connectivity index (χ3v) is 2.55. The van der Waals surface area contributed by atoms with Crippen LogP contribution in [0.3, 0.4) is 0 Å². The standard InChI is InChI=1S/C9H15NO/c1-8(11-7-10)9-5-3-2-4-6-9/h8-9H,2-6H2,1H3. The van der Waals surface area contributed by atoms with Crippen LogP contribution in [0.5, 0.6) is 0 Å². The molecule has 1 aliphatic carbocycles. The second-order valence-electron chi connectivity index (χ2n) is 3.31. The van der Waals surface area contributed by atoms with E-state index in [9.17, 15) is 0 Å². The first-order chi connectivity index (χ1) is 5.34. The summed E-state index contributed by atoms with van der Waals surface area (Å²) in [6.45, 7) is 2.00. The van der Waals surface area contributed by atoms with Crippen molar-refractivity contribution < 1.29 is 4.74 Å². The predicted molar refractivity (Wildman–Crippen MR) is 42.7 cm³/mol. The lowest BCUT2D eigenvalue weighted by molar-refractivity contribution is 0.0937. The molecule has 0 aromatic rings. The SMILES string of the molecule is CC(OC#N)C1CCCCC1. The fourth-order valence-electron chi connectivity index (χ4n) is 1.78. The van der Waals surface area contributed by atoms with Gasteiger partial charge in [-0.2, -0.15) is 5.26 Å². The Balaban J connectivity index is 2.27. The average Bonchev–Trinajstić information content (AvgIpc) is 2.07. The Morgan fingerprint density at radius 3 is 2.55 bits per heavy atom. The zero-order valence-electron chi connectivity index (χ0n) is 7.05. The maximum atomic E-state index is 8.30. The monoisotopic (exact) mass is 153 g/mol. The molecule has 0 radical (unpaired) electrons. The van der Waals surface area contributed by atoms with Crippen LogP contribution in [0.15, 0.2) is 0 Å². The summed E-state index contributed by atoms with van der Waals surface area (Å²) < 4.78 is 4.89. The minimum atomic E-state index is 0.139. The fourth-order valence-corrected chi connectivity index (χ4v) is 1.78. The maximum absolute atomic E-state index is 8.30. The van der Waals surface area contributed by atoms with Crippen molar-refractivity contribution in [2.45, 2.75) is 45.1 Å². The summed E-state index contributed by atoms with van der Waals surface area (Å²) in [6, 6.07) is 0. The van der Waals surface area contributed by atoms with Gasteiger partial charge in [0, 0.05) is 0 Å². The van der Waals surface area contributed by atoms with Gasteiger partial charge >= 0.3 is 0 Å². The second kappa shape index (κ2) is 4.23. The summed E-state index contributed by atoms with van der Waals surface area (Å²) in [5, 5.41) is 8.30. The molecule has 1 aliphatic rings. The van der Waals surface area contributed by atoms with E-state index in [1.54, 1.807) is 6.26 Å². The van der Waals surface area contributed by atoms with Gasteiger partial charge in [0.25, 0.3) is 6.26 Å². The molecule has 0 bridgehead atoms. The Bertz CT molecular complexity index is 144. The lowest BCUT2D eigenvalue weighted by Crippen LogP contribution is -2.21. The smallest absolute Gasteiger partial charge is 0.286 e. The first kappa shape index (κ1) is 8.39. The molecule has 0 aliphatic heterocycles. The highest BCUT2D eigenvalue weighted by molar-refractivity contribution is 4.73. The highest BCUT2D eigenvalue weighted by Crippen LogP contribution is 2.27. The number of hydrogen-bond donors (Lipinski definition) is 0. The van der Waals surface area contributed by atoms with Gasteiger partial charge in [0.2, 0.25) is 0 Å². The van der Waals surface area contributed by atoms with Crippen molar-refractivity contribution in [3.05, 3.63) is 0 Å². The van der Waals surface area contributed by atoms with E-state index in [0.717, 1.165) is 0 Å². The molecule has 2 nitrogen and oxygen atoms in total. The summed E-state index contributed by atoms with van der Waals surface area (Å²) in [4.78, 5) is 0. The molecule has 0 aromatic heterocycles. The van der Waals surface area contributed by atoms with Gasteiger partial charge in [-0.3, -0.25) is 0 Å². The molecular weight excluding hydrogens is 138 g/mol. The van der Waals surface area contributed by atoms with Crippen LogP contribution in [0.25, 0.3) is 0 Å². The molecule has 1 saturated carbocycles. The molecule has 0 amide bonds. The number of ether oxygens (including phenoxy) is 1. The first-order valence-electron chi connectivity index (χ1n) is 4.39. The molecule has 2 heteroatoms. The van der Waals surface area contributed by atoms with Crippen LogP contribution in [-0.4, -0.2) is 6.10 Å². The minimum absolute atomic E-state index is 0.139. The number of rotatable bonds is 2. The Hall–Kier alpha value is -0.710. The highest BCUT2D eigenvalue weighted by Gasteiger charge is 2.20. The Morgan fingerprint density at radius 1 is 1.36 bits per heavy atom. The Labute approximate surface area is 68.2 Å². The van der Waals surface area contributed by atoms with E-state index in [1.807, 2.05) is 6.92 Å². The maximum Gasteiger partial charge on any atom is 0.286 e. The zero-order chi connectivity index (χ0) is 8.10. The van der Waals surface area contributed by atoms with Crippen LogP contribution in [0.4, 0.5) is 0 Å². The van der Waals surface area contributed by atoms with E-state index >= 15 is 0 Å². The Morgan fingerprint density at radius 2 is 2.00 bits per heavy atom.